The van der Waals surface area contributed by atoms with Crippen molar-refractivity contribution < 1.29 is 14.3 Å². The molecule has 0 radical (unpaired) electrons. The lowest BCUT2D eigenvalue weighted by atomic mass is 9.96. The van der Waals surface area contributed by atoms with Gasteiger partial charge in [0.2, 0.25) is 5.91 Å². The summed E-state index contributed by atoms with van der Waals surface area (Å²) >= 11 is 0. The number of amides is 1. The fraction of sp³-hybridized carbons (Fsp3) is 0.875. The smallest absolute Gasteiger partial charge is 0.308 e. The highest BCUT2D eigenvalue weighted by Gasteiger charge is 2.31. The van der Waals surface area contributed by atoms with E-state index in [2.05, 4.69) is 23.6 Å². The van der Waals surface area contributed by atoms with Gasteiger partial charge in [-0.05, 0) is 59.0 Å². The van der Waals surface area contributed by atoms with E-state index in [1.165, 1.54) is 13.5 Å². The molecule has 2 rings (SSSR count). The second-order valence-corrected chi connectivity index (χ2v) is 6.50. The number of likely N-dealkylation sites (tertiary alicyclic amines) is 2. The second kappa shape index (κ2) is 7.25. The highest BCUT2D eigenvalue weighted by atomic mass is 16.5. The van der Waals surface area contributed by atoms with Gasteiger partial charge in [-0.15, -0.1) is 0 Å². The summed E-state index contributed by atoms with van der Waals surface area (Å²) < 4.78 is 4.80. The van der Waals surface area contributed by atoms with Gasteiger partial charge in [0.25, 0.3) is 0 Å². The maximum atomic E-state index is 12.6. The van der Waals surface area contributed by atoms with Crippen LogP contribution in [0, 0.1) is 5.92 Å². The quantitative estimate of drug-likeness (QED) is 0.743. The minimum atomic E-state index is -0.112. The summed E-state index contributed by atoms with van der Waals surface area (Å²) in [5, 5.41) is 0. The third-order valence-corrected chi connectivity index (χ3v) is 4.96. The number of methoxy groups -OCH3 is 1. The summed E-state index contributed by atoms with van der Waals surface area (Å²) in [6, 6.07) is 0.711. The molecular weight excluding hydrogens is 268 g/mol. The third-order valence-electron chi connectivity index (χ3n) is 4.96. The normalized spacial score (nSPS) is 28.4. The molecule has 120 valence electrons. The number of rotatable bonds is 3. The van der Waals surface area contributed by atoms with Crippen LogP contribution in [0.2, 0.25) is 0 Å². The molecule has 1 amide bonds. The molecule has 2 aliphatic rings. The van der Waals surface area contributed by atoms with Gasteiger partial charge in [-0.3, -0.25) is 14.5 Å². The lowest BCUT2D eigenvalue weighted by molar-refractivity contribution is -0.147. The topological polar surface area (TPSA) is 49.9 Å². The second-order valence-electron chi connectivity index (χ2n) is 6.50. The molecule has 0 aromatic carbocycles. The number of ether oxygens (including phenoxy) is 1. The molecule has 2 fully saturated rings. The van der Waals surface area contributed by atoms with E-state index >= 15 is 0 Å². The first-order chi connectivity index (χ1) is 10.0. The Balaban J connectivity index is 1.82. The Hall–Kier alpha value is -1.10. The van der Waals surface area contributed by atoms with Crippen LogP contribution in [0.5, 0.6) is 0 Å². The Kier molecular flexibility index (Phi) is 5.62. The number of carbonyl (C=O) groups is 2. The van der Waals surface area contributed by atoms with E-state index in [9.17, 15) is 9.59 Å². The molecule has 2 atom stereocenters. The molecule has 0 bridgehead atoms. The zero-order valence-electron chi connectivity index (χ0n) is 13.5. The summed E-state index contributed by atoms with van der Waals surface area (Å²) in [6.07, 6.45) is 5.04. The molecule has 0 N–H and O–H groups in total. The average molecular weight is 296 g/mol. The Labute approximate surface area is 127 Å². The van der Waals surface area contributed by atoms with Gasteiger partial charge in [0.1, 0.15) is 0 Å². The maximum Gasteiger partial charge on any atom is 0.308 e. The van der Waals surface area contributed by atoms with Gasteiger partial charge < -0.3 is 9.64 Å². The van der Waals surface area contributed by atoms with Crippen LogP contribution in [0.4, 0.5) is 0 Å². The highest BCUT2D eigenvalue weighted by molar-refractivity contribution is 5.79. The Bertz CT molecular complexity index is 368. The van der Waals surface area contributed by atoms with Crippen molar-refractivity contribution in [3.63, 3.8) is 0 Å². The number of piperidine rings is 2. The highest BCUT2D eigenvalue weighted by Crippen LogP contribution is 2.24. The van der Waals surface area contributed by atoms with E-state index in [1.807, 2.05) is 0 Å². The molecule has 5 nitrogen and oxygen atoms in total. The number of carbonyl (C=O) groups excluding carboxylic acids is 2. The number of hydrogen-bond donors (Lipinski definition) is 0. The van der Waals surface area contributed by atoms with Crippen molar-refractivity contribution in [3.8, 4) is 0 Å². The van der Waals surface area contributed by atoms with Gasteiger partial charge in [0.15, 0.2) is 0 Å². The Morgan fingerprint density at radius 3 is 2.14 bits per heavy atom. The lowest BCUT2D eigenvalue weighted by Crippen LogP contribution is -2.52. The standard InChI is InChI=1S/C16H28N2O3/c1-12-5-4-6-13(2)18(12)15(19)11-17-9-7-14(8-10-17)16(20)21-3/h12-14H,4-11H2,1-3H3. The maximum absolute atomic E-state index is 12.6. The van der Waals surface area contributed by atoms with E-state index in [0.717, 1.165) is 38.8 Å². The summed E-state index contributed by atoms with van der Waals surface area (Å²) in [5.74, 6) is 0.139. The minimum absolute atomic E-state index is 0.00851. The van der Waals surface area contributed by atoms with Crippen LogP contribution in [-0.4, -0.2) is 60.5 Å². The van der Waals surface area contributed by atoms with Crippen molar-refractivity contribution in [2.75, 3.05) is 26.7 Å². The first kappa shape index (κ1) is 16.3. The van der Waals surface area contributed by atoms with E-state index in [4.69, 9.17) is 4.74 Å². The molecule has 2 aliphatic heterocycles. The fourth-order valence-corrected chi connectivity index (χ4v) is 3.68. The number of esters is 1. The predicted molar refractivity (Wildman–Crippen MR) is 80.8 cm³/mol. The zero-order chi connectivity index (χ0) is 15.4. The van der Waals surface area contributed by atoms with Crippen LogP contribution in [0.25, 0.3) is 0 Å². The molecule has 0 aliphatic carbocycles. The first-order valence-electron chi connectivity index (χ1n) is 8.14. The molecule has 0 spiro atoms. The first-order valence-corrected chi connectivity index (χ1v) is 8.14. The van der Waals surface area contributed by atoms with Gasteiger partial charge >= 0.3 is 5.97 Å². The Morgan fingerprint density at radius 1 is 1.05 bits per heavy atom. The van der Waals surface area contributed by atoms with Crippen LogP contribution in [0.3, 0.4) is 0 Å². The van der Waals surface area contributed by atoms with Gasteiger partial charge in [0.05, 0.1) is 19.6 Å². The van der Waals surface area contributed by atoms with Gasteiger partial charge in [-0.2, -0.15) is 0 Å². The van der Waals surface area contributed by atoms with Crippen molar-refractivity contribution in [2.24, 2.45) is 5.92 Å². The predicted octanol–water partition coefficient (Wildman–Crippen LogP) is 1.66. The van der Waals surface area contributed by atoms with Crippen molar-refractivity contribution in [1.82, 2.24) is 9.80 Å². The monoisotopic (exact) mass is 296 g/mol. The van der Waals surface area contributed by atoms with Crippen molar-refractivity contribution in [1.29, 1.82) is 0 Å². The van der Waals surface area contributed by atoms with Crippen molar-refractivity contribution in [2.45, 2.75) is 58.0 Å². The Morgan fingerprint density at radius 2 is 1.62 bits per heavy atom. The van der Waals surface area contributed by atoms with Gasteiger partial charge in [-0.25, -0.2) is 0 Å². The number of nitrogens with zero attached hydrogens (tertiary/aromatic N) is 2. The van der Waals surface area contributed by atoms with Crippen molar-refractivity contribution >= 4 is 11.9 Å². The van der Waals surface area contributed by atoms with Gasteiger partial charge in [-0.1, -0.05) is 0 Å². The SMILES string of the molecule is COC(=O)C1CCN(CC(=O)N2C(C)CCCC2C)CC1. The molecule has 0 aromatic heterocycles. The average Bonchev–Trinajstić information content (AvgIpc) is 2.47. The van der Waals surface area contributed by atoms with Crippen LogP contribution in [0.1, 0.15) is 46.0 Å². The van der Waals surface area contributed by atoms with Gasteiger partial charge in [0, 0.05) is 12.1 Å². The largest absolute Gasteiger partial charge is 0.469 e. The molecule has 2 saturated heterocycles. The summed E-state index contributed by atoms with van der Waals surface area (Å²) in [6.45, 7) is 6.40. The number of hydrogen-bond acceptors (Lipinski definition) is 4. The fourth-order valence-electron chi connectivity index (χ4n) is 3.68. The van der Waals surface area contributed by atoms with E-state index in [0.29, 0.717) is 18.6 Å². The molecule has 0 saturated carbocycles. The third kappa shape index (κ3) is 3.96. The molecule has 5 heteroatoms. The summed E-state index contributed by atoms with van der Waals surface area (Å²) in [5.41, 5.74) is 0. The van der Waals surface area contributed by atoms with Crippen LogP contribution >= 0.6 is 0 Å². The van der Waals surface area contributed by atoms with Crippen LogP contribution in [0.15, 0.2) is 0 Å². The molecule has 0 aromatic rings. The minimum Gasteiger partial charge on any atom is -0.469 e. The summed E-state index contributed by atoms with van der Waals surface area (Å²) in [7, 11) is 1.44. The van der Waals surface area contributed by atoms with Crippen molar-refractivity contribution in [3.05, 3.63) is 0 Å². The van der Waals surface area contributed by atoms with Crippen LogP contribution in [-0.2, 0) is 14.3 Å². The molecular formula is C16H28N2O3. The lowest BCUT2D eigenvalue weighted by Gasteiger charge is -2.40. The van der Waals surface area contributed by atoms with E-state index in [-0.39, 0.29) is 17.8 Å². The van der Waals surface area contributed by atoms with E-state index < -0.39 is 0 Å². The summed E-state index contributed by atoms with van der Waals surface area (Å²) in [4.78, 5) is 28.3. The molecule has 2 heterocycles. The van der Waals surface area contributed by atoms with Crippen LogP contribution < -0.4 is 0 Å². The van der Waals surface area contributed by atoms with E-state index in [1.54, 1.807) is 0 Å². The molecule has 2 unspecified atom stereocenters. The molecule has 21 heavy (non-hydrogen) atoms. The zero-order valence-corrected chi connectivity index (χ0v) is 13.5.